The Morgan fingerprint density at radius 1 is 1.32 bits per heavy atom. The lowest BCUT2D eigenvalue weighted by molar-refractivity contribution is -0.124. The van der Waals surface area contributed by atoms with Crippen LogP contribution in [0.2, 0.25) is 0 Å². The van der Waals surface area contributed by atoms with Gasteiger partial charge in [0.1, 0.15) is 11.6 Å². The molecule has 0 saturated heterocycles. The van der Waals surface area contributed by atoms with Crippen LogP contribution in [0, 0.1) is 29.1 Å². The molecule has 124 valence electrons. The highest BCUT2D eigenvalue weighted by atomic mass is 16.1. The third-order valence-electron chi connectivity index (χ3n) is 6.33. The van der Waals surface area contributed by atoms with Crippen molar-refractivity contribution in [3.63, 3.8) is 0 Å². The molecule has 0 amide bonds. The summed E-state index contributed by atoms with van der Waals surface area (Å²) in [5, 5.41) is 0. The Morgan fingerprint density at radius 2 is 2.00 bits per heavy atom. The molecule has 0 radical (unpaired) electrons. The Labute approximate surface area is 135 Å². The zero-order chi connectivity index (χ0) is 16.5. The van der Waals surface area contributed by atoms with Crippen LogP contribution in [0.4, 0.5) is 0 Å². The molecule has 0 N–H and O–H groups in total. The fourth-order valence-electron chi connectivity index (χ4n) is 4.39. The first kappa shape index (κ1) is 17.4. The van der Waals surface area contributed by atoms with Crippen molar-refractivity contribution in [2.45, 2.75) is 72.6 Å². The van der Waals surface area contributed by atoms with Gasteiger partial charge in [0.2, 0.25) is 0 Å². The topological polar surface area (TPSA) is 34.1 Å². The number of hydrogen-bond acceptors (Lipinski definition) is 2. The molecule has 0 heterocycles. The van der Waals surface area contributed by atoms with Gasteiger partial charge >= 0.3 is 0 Å². The molecule has 0 aromatic carbocycles. The van der Waals surface area contributed by atoms with Gasteiger partial charge < -0.3 is 0 Å². The maximum atomic E-state index is 12.1. The lowest BCUT2D eigenvalue weighted by Crippen LogP contribution is -2.47. The Balaban J connectivity index is 2.03. The summed E-state index contributed by atoms with van der Waals surface area (Å²) in [4.78, 5) is 24.0. The van der Waals surface area contributed by atoms with E-state index in [1.165, 1.54) is 5.57 Å². The Hall–Kier alpha value is -0.920. The number of allylic oxidation sites excluding steroid dienone is 1. The zero-order valence-corrected chi connectivity index (χ0v) is 14.8. The molecule has 4 atom stereocenters. The van der Waals surface area contributed by atoms with Gasteiger partial charge in [-0.1, -0.05) is 39.8 Å². The summed E-state index contributed by atoms with van der Waals surface area (Å²) in [5.41, 5.74) is 1.55. The Morgan fingerprint density at radius 3 is 2.64 bits per heavy atom. The van der Waals surface area contributed by atoms with Crippen LogP contribution in [0.3, 0.4) is 0 Å². The molecule has 2 fully saturated rings. The number of hydrogen-bond donors (Lipinski definition) is 0. The van der Waals surface area contributed by atoms with Crippen molar-refractivity contribution in [3.05, 3.63) is 12.2 Å². The van der Waals surface area contributed by atoms with E-state index in [1.54, 1.807) is 0 Å². The summed E-state index contributed by atoms with van der Waals surface area (Å²) >= 11 is 0. The third-order valence-corrected chi connectivity index (χ3v) is 6.33. The molecule has 2 nitrogen and oxygen atoms in total. The van der Waals surface area contributed by atoms with Gasteiger partial charge in [0, 0.05) is 24.7 Å². The molecule has 2 aliphatic carbocycles. The minimum Gasteiger partial charge on any atom is -0.299 e. The average Bonchev–Trinajstić information content (AvgIpc) is 2.49. The fraction of sp³-hybridized carbons (Fsp3) is 0.800. The first-order valence-electron chi connectivity index (χ1n) is 8.97. The van der Waals surface area contributed by atoms with Gasteiger partial charge in [0.25, 0.3) is 0 Å². The number of carbonyl (C=O) groups excluding carboxylic acids is 2. The van der Waals surface area contributed by atoms with Gasteiger partial charge in [-0.25, -0.2) is 0 Å². The minimum atomic E-state index is 0.146. The molecular weight excluding hydrogens is 272 g/mol. The lowest BCUT2D eigenvalue weighted by atomic mass is 9.50. The fourth-order valence-corrected chi connectivity index (χ4v) is 4.39. The highest BCUT2D eigenvalue weighted by Gasteiger charge is 2.50. The summed E-state index contributed by atoms with van der Waals surface area (Å²) in [6.07, 6.45) is 6.52. The van der Waals surface area contributed by atoms with Crippen molar-refractivity contribution in [1.82, 2.24) is 0 Å². The van der Waals surface area contributed by atoms with E-state index in [0.29, 0.717) is 36.2 Å². The second-order valence-corrected chi connectivity index (χ2v) is 8.30. The molecule has 2 heteroatoms. The van der Waals surface area contributed by atoms with Crippen LogP contribution in [-0.2, 0) is 9.59 Å². The van der Waals surface area contributed by atoms with Crippen molar-refractivity contribution in [3.8, 4) is 0 Å². The molecule has 4 unspecified atom stereocenters. The summed E-state index contributed by atoms with van der Waals surface area (Å²) in [5.74, 6) is 2.32. The van der Waals surface area contributed by atoms with Crippen LogP contribution in [-0.4, -0.2) is 11.6 Å². The van der Waals surface area contributed by atoms with Gasteiger partial charge in [-0.2, -0.15) is 0 Å². The normalized spacial score (nSPS) is 36.1. The van der Waals surface area contributed by atoms with Crippen LogP contribution < -0.4 is 0 Å². The van der Waals surface area contributed by atoms with E-state index in [-0.39, 0.29) is 17.3 Å². The van der Waals surface area contributed by atoms with E-state index >= 15 is 0 Å². The van der Waals surface area contributed by atoms with Crippen LogP contribution in [0.5, 0.6) is 0 Å². The zero-order valence-electron chi connectivity index (χ0n) is 14.8. The maximum absolute atomic E-state index is 12.1. The van der Waals surface area contributed by atoms with E-state index in [2.05, 4.69) is 20.4 Å². The SMILES string of the molecule is C=C1CCC(=O)C(C)CCC2C1CC2(C)CCC(=O)C(C)C. The summed E-state index contributed by atoms with van der Waals surface area (Å²) in [6.45, 7) is 12.7. The number of ketones is 2. The van der Waals surface area contributed by atoms with E-state index in [1.807, 2.05) is 13.8 Å². The van der Waals surface area contributed by atoms with E-state index < -0.39 is 0 Å². The molecule has 0 bridgehead atoms. The quantitative estimate of drug-likeness (QED) is 0.687. The van der Waals surface area contributed by atoms with Crippen molar-refractivity contribution < 1.29 is 9.59 Å². The average molecular weight is 304 g/mol. The highest BCUT2D eigenvalue weighted by molar-refractivity contribution is 5.81. The molecule has 2 saturated carbocycles. The smallest absolute Gasteiger partial charge is 0.136 e. The minimum absolute atomic E-state index is 0.146. The van der Waals surface area contributed by atoms with Crippen LogP contribution in [0.15, 0.2) is 12.2 Å². The standard InChI is InChI=1S/C20H32O2/c1-13(2)18(21)10-11-20(5)12-16-14(3)7-9-19(22)15(4)6-8-17(16)20/h13,15-17H,3,6-12H2,1-2,4-5H3. The molecule has 0 aliphatic heterocycles. The van der Waals surface area contributed by atoms with Crippen molar-refractivity contribution in [2.24, 2.45) is 29.1 Å². The number of carbonyl (C=O) groups is 2. The van der Waals surface area contributed by atoms with Crippen molar-refractivity contribution >= 4 is 11.6 Å². The third kappa shape index (κ3) is 3.52. The molecule has 22 heavy (non-hydrogen) atoms. The largest absolute Gasteiger partial charge is 0.299 e. The van der Waals surface area contributed by atoms with Crippen molar-refractivity contribution in [2.75, 3.05) is 0 Å². The Bertz CT molecular complexity index is 462. The summed E-state index contributed by atoms with van der Waals surface area (Å²) in [7, 11) is 0. The predicted molar refractivity (Wildman–Crippen MR) is 90.6 cm³/mol. The molecule has 2 rings (SSSR count). The lowest BCUT2D eigenvalue weighted by Gasteiger charge is -2.55. The second kappa shape index (κ2) is 6.68. The number of rotatable bonds is 4. The van der Waals surface area contributed by atoms with E-state index in [4.69, 9.17) is 0 Å². The number of fused-ring (bicyclic) bond motifs is 1. The number of Topliss-reactive ketones (excluding diaryl/α,β-unsaturated/α-hetero) is 2. The first-order chi connectivity index (χ1) is 10.2. The van der Waals surface area contributed by atoms with Crippen molar-refractivity contribution in [1.29, 1.82) is 0 Å². The van der Waals surface area contributed by atoms with Gasteiger partial charge in [0.05, 0.1) is 0 Å². The second-order valence-electron chi connectivity index (χ2n) is 8.30. The summed E-state index contributed by atoms with van der Waals surface area (Å²) < 4.78 is 0. The van der Waals surface area contributed by atoms with Crippen LogP contribution in [0.25, 0.3) is 0 Å². The van der Waals surface area contributed by atoms with Gasteiger partial charge in [0.15, 0.2) is 0 Å². The van der Waals surface area contributed by atoms with E-state index in [9.17, 15) is 9.59 Å². The van der Waals surface area contributed by atoms with Gasteiger partial charge in [-0.3, -0.25) is 9.59 Å². The summed E-state index contributed by atoms with van der Waals surface area (Å²) in [6, 6.07) is 0. The first-order valence-corrected chi connectivity index (χ1v) is 8.97. The van der Waals surface area contributed by atoms with Gasteiger partial charge in [-0.15, -0.1) is 0 Å². The van der Waals surface area contributed by atoms with Crippen LogP contribution in [0.1, 0.15) is 72.6 Å². The molecule has 2 aliphatic rings. The van der Waals surface area contributed by atoms with Gasteiger partial charge in [-0.05, 0) is 49.4 Å². The molecule has 0 aromatic heterocycles. The molecule has 0 aromatic rings. The highest BCUT2D eigenvalue weighted by Crippen LogP contribution is 2.59. The maximum Gasteiger partial charge on any atom is 0.136 e. The van der Waals surface area contributed by atoms with Crippen LogP contribution >= 0.6 is 0 Å². The van der Waals surface area contributed by atoms with E-state index in [0.717, 1.165) is 32.1 Å². The monoisotopic (exact) mass is 304 g/mol. The molecular formula is C20H32O2. The predicted octanol–water partition coefficient (Wildman–Crippen LogP) is 4.97. The Kier molecular flexibility index (Phi) is 5.29. The molecule has 0 spiro atoms.